The average Bonchev–Trinajstić information content (AvgIpc) is 2.60. The standard InChI is InChI=1S/C19H26N2O5/c1-5-25-17(23)14-10-13(16(22)21-8-6-20-7-9-21)11-15(12-14)18(24)26-19(2,3)4/h10-12,20H,5-9H2,1-4H3. The number of ether oxygens (including phenoxy) is 2. The minimum atomic E-state index is -0.681. The lowest BCUT2D eigenvalue weighted by atomic mass is 10.0. The molecule has 0 radical (unpaired) electrons. The molecule has 1 aromatic carbocycles. The Morgan fingerprint density at radius 2 is 1.54 bits per heavy atom. The van der Waals surface area contributed by atoms with E-state index in [9.17, 15) is 14.4 Å². The lowest BCUT2D eigenvalue weighted by Gasteiger charge is -2.27. The number of rotatable bonds is 4. The molecule has 1 aromatic rings. The number of esters is 2. The first-order valence-corrected chi connectivity index (χ1v) is 8.77. The molecule has 0 saturated carbocycles. The van der Waals surface area contributed by atoms with Crippen LogP contribution in [0.5, 0.6) is 0 Å². The highest BCUT2D eigenvalue weighted by Gasteiger charge is 2.24. The van der Waals surface area contributed by atoms with E-state index in [-0.39, 0.29) is 29.2 Å². The first-order valence-electron chi connectivity index (χ1n) is 8.77. The number of piperazine rings is 1. The van der Waals surface area contributed by atoms with Crippen LogP contribution in [-0.4, -0.2) is 61.1 Å². The zero-order valence-electron chi connectivity index (χ0n) is 15.8. The summed E-state index contributed by atoms with van der Waals surface area (Å²) in [5, 5.41) is 3.18. The van der Waals surface area contributed by atoms with Crippen molar-refractivity contribution in [3.63, 3.8) is 0 Å². The van der Waals surface area contributed by atoms with E-state index >= 15 is 0 Å². The molecule has 0 spiro atoms. The summed E-state index contributed by atoms with van der Waals surface area (Å²) in [5.74, 6) is -1.38. The smallest absolute Gasteiger partial charge is 0.338 e. The van der Waals surface area contributed by atoms with Crippen LogP contribution < -0.4 is 5.32 Å². The van der Waals surface area contributed by atoms with Gasteiger partial charge in [-0.2, -0.15) is 0 Å². The third kappa shape index (κ3) is 5.29. The number of hydrogen-bond donors (Lipinski definition) is 1. The van der Waals surface area contributed by atoms with Crippen LogP contribution >= 0.6 is 0 Å². The van der Waals surface area contributed by atoms with Gasteiger partial charge >= 0.3 is 11.9 Å². The Bertz CT molecular complexity index is 688. The Balaban J connectivity index is 2.38. The summed E-state index contributed by atoms with van der Waals surface area (Å²) in [6.07, 6.45) is 0. The lowest BCUT2D eigenvalue weighted by Crippen LogP contribution is -2.46. The highest BCUT2D eigenvalue weighted by atomic mass is 16.6. The van der Waals surface area contributed by atoms with Crippen molar-refractivity contribution < 1.29 is 23.9 Å². The van der Waals surface area contributed by atoms with Gasteiger partial charge in [0.25, 0.3) is 5.91 Å². The second-order valence-corrected chi connectivity index (χ2v) is 7.06. The Kier molecular flexibility index (Phi) is 6.37. The van der Waals surface area contributed by atoms with Crippen molar-refractivity contribution in [2.45, 2.75) is 33.3 Å². The van der Waals surface area contributed by atoms with E-state index in [2.05, 4.69) is 5.32 Å². The van der Waals surface area contributed by atoms with Gasteiger partial charge in [0.2, 0.25) is 0 Å². The number of benzene rings is 1. The van der Waals surface area contributed by atoms with Crippen LogP contribution in [0.2, 0.25) is 0 Å². The van der Waals surface area contributed by atoms with E-state index in [1.165, 1.54) is 18.2 Å². The third-order valence-electron chi connectivity index (χ3n) is 3.73. The fourth-order valence-corrected chi connectivity index (χ4v) is 2.59. The first kappa shape index (κ1) is 19.9. The number of nitrogens with zero attached hydrogens (tertiary/aromatic N) is 1. The molecule has 26 heavy (non-hydrogen) atoms. The van der Waals surface area contributed by atoms with E-state index in [0.29, 0.717) is 26.2 Å². The molecule has 1 aliphatic rings. The molecule has 1 saturated heterocycles. The highest BCUT2D eigenvalue weighted by molar-refractivity contribution is 6.02. The van der Waals surface area contributed by atoms with E-state index in [1.54, 1.807) is 32.6 Å². The van der Waals surface area contributed by atoms with Crippen molar-refractivity contribution in [1.82, 2.24) is 10.2 Å². The second kappa shape index (κ2) is 8.31. The van der Waals surface area contributed by atoms with Crippen LogP contribution in [-0.2, 0) is 9.47 Å². The van der Waals surface area contributed by atoms with Crippen molar-refractivity contribution in [1.29, 1.82) is 0 Å². The van der Waals surface area contributed by atoms with Gasteiger partial charge in [0, 0.05) is 31.7 Å². The molecule has 1 fully saturated rings. The Labute approximate surface area is 153 Å². The Hall–Kier alpha value is -2.41. The van der Waals surface area contributed by atoms with Gasteiger partial charge in [0.05, 0.1) is 17.7 Å². The van der Waals surface area contributed by atoms with Crippen molar-refractivity contribution in [3.8, 4) is 0 Å². The second-order valence-electron chi connectivity index (χ2n) is 7.06. The van der Waals surface area contributed by atoms with Crippen LogP contribution in [0.3, 0.4) is 0 Å². The molecule has 0 atom stereocenters. The summed E-state index contributed by atoms with van der Waals surface area (Å²) in [5.41, 5.74) is -0.0873. The van der Waals surface area contributed by atoms with Crippen molar-refractivity contribution in [3.05, 3.63) is 34.9 Å². The van der Waals surface area contributed by atoms with Crippen LogP contribution in [0.15, 0.2) is 18.2 Å². The molecular formula is C19H26N2O5. The molecule has 1 heterocycles. The van der Waals surface area contributed by atoms with Crippen LogP contribution in [0, 0.1) is 0 Å². The normalized spacial score (nSPS) is 14.7. The average molecular weight is 362 g/mol. The number of carbonyl (C=O) groups is 3. The maximum absolute atomic E-state index is 12.8. The predicted molar refractivity (Wildman–Crippen MR) is 96.3 cm³/mol. The molecule has 2 rings (SSSR count). The van der Waals surface area contributed by atoms with Gasteiger partial charge in [0.15, 0.2) is 0 Å². The number of amides is 1. The van der Waals surface area contributed by atoms with Gasteiger partial charge in [-0.05, 0) is 45.9 Å². The maximum atomic E-state index is 12.8. The minimum absolute atomic E-state index is 0.156. The summed E-state index contributed by atoms with van der Waals surface area (Å²) in [6, 6.07) is 4.35. The molecular weight excluding hydrogens is 336 g/mol. The van der Waals surface area contributed by atoms with Gasteiger partial charge in [-0.1, -0.05) is 0 Å². The van der Waals surface area contributed by atoms with E-state index in [4.69, 9.17) is 9.47 Å². The summed E-state index contributed by atoms with van der Waals surface area (Å²) in [4.78, 5) is 39.1. The van der Waals surface area contributed by atoms with Crippen molar-refractivity contribution in [2.75, 3.05) is 32.8 Å². The van der Waals surface area contributed by atoms with Crippen LogP contribution in [0.1, 0.15) is 58.8 Å². The zero-order chi connectivity index (χ0) is 19.3. The first-order chi connectivity index (χ1) is 12.2. The fraction of sp³-hybridized carbons (Fsp3) is 0.526. The largest absolute Gasteiger partial charge is 0.462 e. The quantitative estimate of drug-likeness (QED) is 0.823. The molecule has 0 aliphatic carbocycles. The molecule has 0 bridgehead atoms. The van der Waals surface area contributed by atoms with E-state index < -0.39 is 17.5 Å². The van der Waals surface area contributed by atoms with Crippen molar-refractivity contribution in [2.24, 2.45) is 0 Å². The van der Waals surface area contributed by atoms with Crippen LogP contribution in [0.25, 0.3) is 0 Å². The van der Waals surface area contributed by atoms with Gasteiger partial charge in [-0.25, -0.2) is 9.59 Å². The minimum Gasteiger partial charge on any atom is -0.462 e. The lowest BCUT2D eigenvalue weighted by molar-refractivity contribution is 0.00694. The molecule has 1 aliphatic heterocycles. The van der Waals surface area contributed by atoms with E-state index in [1.807, 2.05) is 0 Å². The SMILES string of the molecule is CCOC(=O)c1cc(C(=O)OC(C)(C)C)cc(C(=O)N2CCNCC2)c1. The van der Waals surface area contributed by atoms with E-state index in [0.717, 1.165) is 0 Å². The number of hydrogen-bond acceptors (Lipinski definition) is 6. The van der Waals surface area contributed by atoms with Crippen molar-refractivity contribution >= 4 is 17.8 Å². The monoisotopic (exact) mass is 362 g/mol. The molecule has 1 amide bonds. The van der Waals surface area contributed by atoms with Crippen LogP contribution in [0.4, 0.5) is 0 Å². The third-order valence-corrected chi connectivity index (χ3v) is 3.73. The molecule has 7 heteroatoms. The summed E-state index contributed by atoms with van der Waals surface area (Å²) in [6.45, 7) is 9.74. The predicted octanol–water partition coefficient (Wildman–Crippen LogP) is 1.86. The molecule has 0 unspecified atom stereocenters. The summed E-state index contributed by atoms with van der Waals surface area (Å²) in [7, 11) is 0. The molecule has 7 nitrogen and oxygen atoms in total. The van der Waals surface area contributed by atoms with Gasteiger partial charge in [0.1, 0.15) is 5.60 Å². The Morgan fingerprint density at radius 1 is 1.00 bits per heavy atom. The number of carbonyl (C=O) groups excluding carboxylic acids is 3. The fourth-order valence-electron chi connectivity index (χ4n) is 2.59. The molecule has 0 aromatic heterocycles. The number of nitrogens with one attached hydrogen (secondary N) is 1. The molecule has 142 valence electrons. The highest BCUT2D eigenvalue weighted by Crippen LogP contribution is 2.18. The van der Waals surface area contributed by atoms with Gasteiger partial charge in [-0.15, -0.1) is 0 Å². The zero-order valence-corrected chi connectivity index (χ0v) is 15.8. The maximum Gasteiger partial charge on any atom is 0.338 e. The van der Waals surface area contributed by atoms with Gasteiger partial charge < -0.3 is 19.7 Å². The Morgan fingerprint density at radius 3 is 2.08 bits per heavy atom. The van der Waals surface area contributed by atoms with Gasteiger partial charge in [-0.3, -0.25) is 4.79 Å². The summed E-state index contributed by atoms with van der Waals surface area (Å²) >= 11 is 0. The topological polar surface area (TPSA) is 84.9 Å². The molecule has 1 N–H and O–H groups in total. The summed E-state index contributed by atoms with van der Waals surface area (Å²) < 4.78 is 10.4.